The van der Waals surface area contributed by atoms with Crippen molar-refractivity contribution in [1.29, 1.82) is 0 Å². The number of non-ortho nitro benzene ring substituents is 1. The van der Waals surface area contributed by atoms with Gasteiger partial charge in [-0.1, -0.05) is 39.7 Å². The fourth-order valence-corrected chi connectivity index (χ4v) is 6.54. The number of benzene rings is 1. The predicted octanol–water partition coefficient (Wildman–Crippen LogP) is 2.93. The summed E-state index contributed by atoms with van der Waals surface area (Å²) in [5.41, 5.74) is -1.39. The zero-order valence-electron chi connectivity index (χ0n) is 24.1. The summed E-state index contributed by atoms with van der Waals surface area (Å²) in [5, 5.41) is 18.7. The van der Waals surface area contributed by atoms with E-state index in [4.69, 9.17) is 37.5 Å². The van der Waals surface area contributed by atoms with Crippen LogP contribution in [0.5, 0.6) is 0 Å². The number of fused-ring (bicyclic) bond motifs is 1. The molecule has 0 radical (unpaired) electrons. The molecule has 1 fully saturated rings. The maximum Gasteiger partial charge on any atom is 0.356 e. The molecule has 0 saturated carbocycles. The second-order valence-corrected chi connectivity index (χ2v) is 13.5. The lowest BCUT2D eigenvalue weighted by atomic mass is 10.0. The number of hydrogen-bond acceptors (Lipinski definition) is 14. The number of rotatable bonds is 12. The molecule has 1 saturated heterocycles. The van der Waals surface area contributed by atoms with Gasteiger partial charge >= 0.3 is 11.9 Å². The summed E-state index contributed by atoms with van der Waals surface area (Å²) in [7, 11) is 0. The molecule has 1 aromatic heterocycles. The number of oxime groups is 1. The second-order valence-electron chi connectivity index (χ2n) is 10.3. The number of thioether (sulfide) groups is 1. The van der Waals surface area contributed by atoms with Crippen LogP contribution in [-0.4, -0.2) is 80.1 Å². The fourth-order valence-electron chi connectivity index (χ4n) is 3.99. The van der Waals surface area contributed by atoms with Gasteiger partial charge in [-0.25, -0.2) is 14.6 Å². The molecule has 1 aromatic carbocycles. The van der Waals surface area contributed by atoms with Crippen molar-refractivity contribution >= 4 is 93.0 Å². The molecule has 2 aliphatic rings. The van der Waals surface area contributed by atoms with E-state index in [1.165, 1.54) is 36.0 Å². The smallest absolute Gasteiger partial charge is 0.356 e. The van der Waals surface area contributed by atoms with Gasteiger partial charge in [-0.05, 0) is 38.5 Å². The van der Waals surface area contributed by atoms with Crippen molar-refractivity contribution < 1.29 is 43.2 Å². The first kappa shape index (κ1) is 34.6. The van der Waals surface area contributed by atoms with Crippen LogP contribution in [0.2, 0.25) is 4.34 Å². The molecule has 2 atom stereocenters. The lowest BCUT2D eigenvalue weighted by Crippen LogP contribution is -2.71. The van der Waals surface area contributed by atoms with Gasteiger partial charge in [0.25, 0.3) is 17.5 Å². The number of thiazole rings is 1. The fraction of sp³-hybridized carbons (Fsp3) is 0.346. The molecule has 3 heterocycles. The minimum atomic E-state index is -1.15. The summed E-state index contributed by atoms with van der Waals surface area (Å²) < 4.78 is 10.4. The molecule has 20 heteroatoms. The van der Waals surface area contributed by atoms with E-state index in [-0.39, 0.29) is 43.9 Å². The van der Waals surface area contributed by atoms with Gasteiger partial charge in [-0.3, -0.25) is 29.4 Å². The number of carbonyl (C=O) groups excluding carboxylic acids is 5. The molecule has 0 bridgehead atoms. The Kier molecular flexibility index (Phi) is 10.9. The van der Waals surface area contributed by atoms with Crippen LogP contribution in [0.15, 0.2) is 40.2 Å². The highest BCUT2D eigenvalue weighted by Gasteiger charge is 2.54. The number of hydrogen-bond donors (Lipinski definition) is 2. The van der Waals surface area contributed by atoms with Crippen LogP contribution in [0.25, 0.3) is 0 Å². The number of anilines is 1. The summed E-state index contributed by atoms with van der Waals surface area (Å²) in [5.74, 6) is -3.22. The first-order valence-electron chi connectivity index (χ1n) is 13.0. The lowest BCUT2D eigenvalue weighted by Gasteiger charge is -2.49. The first-order valence-corrected chi connectivity index (χ1v) is 15.7. The Morgan fingerprint density at radius 1 is 1.24 bits per heavy atom. The molecular formula is C26H24Cl2N6O10S2. The molecule has 0 spiro atoms. The minimum Gasteiger partial charge on any atom is -0.457 e. The molecule has 4 rings (SSSR count). The Hall–Kier alpha value is -4.26. The number of β-lactam (4-membered cyclic amide) rings is 1. The highest BCUT2D eigenvalue weighted by molar-refractivity contribution is 8.00. The van der Waals surface area contributed by atoms with Crippen LogP contribution in [0.1, 0.15) is 32.0 Å². The van der Waals surface area contributed by atoms with Crippen molar-refractivity contribution in [2.45, 2.75) is 44.4 Å². The standard InChI is InChI=1S/C26H24Cl2N6O10S2/c1-26(2,3)44-15(36)9-43-32-17(16-20(28)46-25(31-16)29-11-35)21(37)30-18-22(38)33-19(14(27)10-45-23(18)33)24(39)42-8-12-4-6-13(7-5-12)34(40)41/h4-7,11,18,23H,8-10H2,1-3H3,(H,30,37)(H,29,31,35)/b32-17+/t18?,23-/m1/s1. The van der Waals surface area contributed by atoms with E-state index in [2.05, 4.69) is 20.8 Å². The Balaban J connectivity index is 1.47. The van der Waals surface area contributed by atoms with E-state index >= 15 is 0 Å². The maximum absolute atomic E-state index is 13.4. The van der Waals surface area contributed by atoms with E-state index in [1.807, 2.05) is 0 Å². The maximum atomic E-state index is 13.4. The van der Waals surface area contributed by atoms with Gasteiger partial charge in [0.1, 0.15) is 39.4 Å². The van der Waals surface area contributed by atoms with Crippen LogP contribution in [0, 0.1) is 10.1 Å². The van der Waals surface area contributed by atoms with Crippen molar-refractivity contribution in [3.05, 3.63) is 60.7 Å². The average Bonchev–Trinajstić information content (AvgIpc) is 3.35. The minimum absolute atomic E-state index is 0.0352. The van der Waals surface area contributed by atoms with Gasteiger partial charge in [0.05, 0.1) is 9.96 Å². The molecule has 2 N–H and O–H groups in total. The van der Waals surface area contributed by atoms with Gasteiger partial charge in [0.15, 0.2) is 10.8 Å². The summed E-state index contributed by atoms with van der Waals surface area (Å²) in [6, 6.07) is 4.20. The third kappa shape index (κ3) is 8.11. The van der Waals surface area contributed by atoms with Crippen molar-refractivity contribution in [2.24, 2.45) is 5.16 Å². The van der Waals surface area contributed by atoms with Crippen LogP contribution in [0.4, 0.5) is 10.8 Å². The van der Waals surface area contributed by atoms with Crippen molar-refractivity contribution in [3.8, 4) is 0 Å². The third-order valence-electron chi connectivity index (χ3n) is 5.88. The first-order chi connectivity index (χ1) is 21.7. The van der Waals surface area contributed by atoms with Crippen molar-refractivity contribution in [2.75, 3.05) is 17.7 Å². The number of esters is 2. The number of amides is 3. The highest BCUT2D eigenvalue weighted by atomic mass is 35.5. The number of aromatic nitrogens is 1. The summed E-state index contributed by atoms with van der Waals surface area (Å²) >= 11 is 14.5. The molecule has 3 amide bonds. The molecule has 0 aliphatic carbocycles. The number of nitro groups is 1. The number of ether oxygens (including phenoxy) is 2. The highest BCUT2D eigenvalue weighted by Crippen LogP contribution is 2.42. The summed E-state index contributed by atoms with van der Waals surface area (Å²) in [6.07, 6.45) is 0.351. The van der Waals surface area contributed by atoms with Crippen LogP contribution in [0.3, 0.4) is 0 Å². The molecule has 2 aromatic rings. The zero-order chi connectivity index (χ0) is 33.8. The largest absolute Gasteiger partial charge is 0.457 e. The summed E-state index contributed by atoms with van der Waals surface area (Å²) in [6.45, 7) is 4.04. The molecule has 16 nitrogen and oxygen atoms in total. The van der Waals surface area contributed by atoms with Crippen molar-refractivity contribution in [3.63, 3.8) is 0 Å². The molecule has 1 unspecified atom stereocenters. The van der Waals surface area contributed by atoms with Gasteiger partial charge in [0.2, 0.25) is 13.0 Å². The Bertz CT molecular complexity index is 1640. The molecular weight excluding hydrogens is 691 g/mol. The Morgan fingerprint density at radius 3 is 2.57 bits per heavy atom. The third-order valence-corrected chi connectivity index (χ3v) is 8.82. The van der Waals surface area contributed by atoms with Gasteiger partial charge in [-0.2, -0.15) is 0 Å². The number of nitrogens with one attached hydrogen (secondary N) is 2. The van der Waals surface area contributed by atoms with Crippen molar-refractivity contribution in [1.82, 2.24) is 15.2 Å². The SMILES string of the molecule is CC(C)(C)OC(=O)CO/N=C(/C(=O)NC1C(=O)N2C(C(=O)OCc3ccc([N+](=O)[O-])cc3)=C(Cl)CS[C@H]12)c1nc(NC=O)sc1Cl. The van der Waals surface area contributed by atoms with E-state index in [9.17, 15) is 34.1 Å². The normalized spacial score (nSPS) is 17.8. The van der Waals surface area contributed by atoms with Gasteiger partial charge in [0, 0.05) is 17.9 Å². The van der Waals surface area contributed by atoms with E-state index in [0.29, 0.717) is 12.0 Å². The second kappa shape index (κ2) is 14.4. The molecule has 2 aliphatic heterocycles. The quantitative estimate of drug-likeness (QED) is 0.0812. The van der Waals surface area contributed by atoms with E-state index in [1.54, 1.807) is 20.8 Å². The number of halogens is 2. The predicted molar refractivity (Wildman–Crippen MR) is 166 cm³/mol. The number of nitro benzene ring substituents is 1. The Labute approximate surface area is 278 Å². The van der Waals surface area contributed by atoms with E-state index < -0.39 is 58.0 Å². The summed E-state index contributed by atoms with van der Waals surface area (Å²) in [4.78, 5) is 83.1. The monoisotopic (exact) mass is 714 g/mol. The lowest BCUT2D eigenvalue weighted by molar-refractivity contribution is -0.384. The van der Waals surface area contributed by atoms with Gasteiger partial charge in [-0.15, -0.1) is 11.8 Å². The number of carbonyl (C=O) groups is 5. The van der Waals surface area contributed by atoms with E-state index in [0.717, 1.165) is 16.2 Å². The topological polar surface area (TPSA) is 209 Å². The van der Waals surface area contributed by atoms with Gasteiger partial charge < -0.3 is 24.9 Å². The Morgan fingerprint density at radius 2 is 1.93 bits per heavy atom. The van der Waals surface area contributed by atoms with Crippen LogP contribution < -0.4 is 10.6 Å². The molecule has 244 valence electrons. The molecule has 46 heavy (non-hydrogen) atoms. The van der Waals surface area contributed by atoms with Crippen LogP contribution >= 0.6 is 46.3 Å². The number of nitrogens with zero attached hydrogens (tertiary/aromatic N) is 4. The zero-order valence-corrected chi connectivity index (χ0v) is 27.3. The van der Waals surface area contributed by atoms with Crippen LogP contribution in [-0.2, 0) is 44.9 Å². The average molecular weight is 716 g/mol.